The maximum atomic E-state index is 13.7. The molecule has 0 saturated heterocycles. The van der Waals surface area contributed by atoms with Gasteiger partial charge in [-0.25, -0.2) is 14.4 Å². The second-order valence-electron chi connectivity index (χ2n) is 3.98. The molecule has 2 aromatic carbocycles. The predicted molar refractivity (Wildman–Crippen MR) is 75.0 cm³/mol. The molecular weight excluding hydrogens is 286 g/mol. The Morgan fingerprint density at radius 2 is 1.63 bits per heavy atom. The van der Waals surface area contributed by atoms with Crippen molar-refractivity contribution in [1.82, 2.24) is 9.97 Å². The van der Waals surface area contributed by atoms with Crippen molar-refractivity contribution in [2.24, 2.45) is 0 Å². The summed E-state index contributed by atoms with van der Waals surface area (Å²) in [5.41, 5.74) is 1.25. The Kier molecular flexibility index (Phi) is 3.09. The Morgan fingerprint density at radius 3 is 2.37 bits per heavy atom. The number of fused-ring (bicyclic) bond motifs is 1. The van der Waals surface area contributed by atoms with Crippen molar-refractivity contribution in [1.29, 1.82) is 0 Å². The molecule has 3 aromatic rings. The summed E-state index contributed by atoms with van der Waals surface area (Å²) in [7, 11) is 0. The molecular formula is C14H7Cl2FN2. The first-order valence-corrected chi connectivity index (χ1v) is 6.28. The number of hydrogen-bond donors (Lipinski definition) is 0. The van der Waals surface area contributed by atoms with E-state index >= 15 is 0 Å². The third kappa shape index (κ3) is 2.27. The maximum absolute atomic E-state index is 13.7. The van der Waals surface area contributed by atoms with Gasteiger partial charge in [-0.2, -0.15) is 0 Å². The largest absolute Gasteiger partial charge is 0.228 e. The molecule has 0 amide bonds. The lowest BCUT2D eigenvalue weighted by Crippen LogP contribution is -1.93. The molecule has 0 aliphatic heterocycles. The topological polar surface area (TPSA) is 25.8 Å². The van der Waals surface area contributed by atoms with Crippen LogP contribution in [0.4, 0.5) is 4.39 Å². The van der Waals surface area contributed by atoms with Gasteiger partial charge in [-0.15, -0.1) is 0 Å². The van der Waals surface area contributed by atoms with Crippen LogP contribution in [0.5, 0.6) is 0 Å². The average Bonchev–Trinajstić information content (AvgIpc) is 2.39. The summed E-state index contributed by atoms with van der Waals surface area (Å²) in [5, 5.41) is 0.969. The van der Waals surface area contributed by atoms with E-state index in [-0.39, 0.29) is 10.5 Å². The monoisotopic (exact) mass is 292 g/mol. The van der Waals surface area contributed by atoms with Crippen molar-refractivity contribution >= 4 is 34.1 Å². The second-order valence-corrected chi connectivity index (χ2v) is 4.77. The van der Waals surface area contributed by atoms with Crippen molar-refractivity contribution in [3.05, 3.63) is 58.5 Å². The van der Waals surface area contributed by atoms with Gasteiger partial charge >= 0.3 is 0 Å². The molecule has 94 valence electrons. The third-order valence-corrected chi connectivity index (χ3v) is 3.26. The van der Waals surface area contributed by atoms with Crippen LogP contribution in [0.25, 0.3) is 22.3 Å². The number of halogens is 3. The standard InChI is InChI=1S/C14H7Cl2FN2/c15-9-6-4-8(5-7-9)14-18-11-3-1-2-10(17)12(11)13(16)19-14/h1-7H. The first-order chi connectivity index (χ1) is 9.15. The normalized spacial score (nSPS) is 10.9. The molecule has 0 unspecified atom stereocenters. The van der Waals surface area contributed by atoms with E-state index in [1.54, 1.807) is 36.4 Å². The summed E-state index contributed by atoms with van der Waals surface area (Å²) in [5.74, 6) is 0.0184. The summed E-state index contributed by atoms with van der Waals surface area (Å²) in [6.45, 7) is 0. The van der Waals surface area contributed by atoms with E-state index in [1.807, 2.05) is 0 Å². The number of nitrogens with zero attached hydrogens (tertiary/aromatic N) is 2. The number of rotatable bonds is 1. The molecule has 0 fully saturated rings. The predicted octanol–water partition coefficient (Wildman–Crippen LogP) is 4.74. The van der Waals surface area contributed by atoms with Gasteiger partial charge in [0.15, 0.2) is 5.82 Å². The molecule has 0 saturated carbocycles. The van der Waals surface area contributed by atoms with Crippen LogP contribution >= 0.6 is 23.2 Å². The third-order valence-electron chi connectivity index (χ3n) is 2.73. The summed E-state index contributed by atoms with van der Waals surface area (Å²) in [4.78, 5) is 8.45. The van der Waals surface area contributed by atoms with Gasteiger partial charge in [0.25, 0.3) is 0 Å². The minimum Gasteiger partial charge on any atom is -0.228 e. The number of hydrogen-bond acceptors (Lipinski definition) is 2. The molecule has 0 aliphatic carbocycles. The molecule has 5 heteroatoms. The zero-order valence-corrected chi connectivity index (χ0v) is 11.1. The minimum atomic E-state index is -0.426. The van der Waals surface area contributed by atoms with E-state index in [0.29, 0.717) is 16.4 Å². The molecule has 0 aliphatic rings. The highest BCUT2D eigenvalue weighted by Gasteiger charge is 2.11. The highest BCUT2D eigenvalue weighted by Crippen LogP contribution is 2.27. The van der Waals surface area contributed by atoms with Crippen LogP contribution in [0.15, 0.2) is 42.5 Å². The highest BCUT2D eigenvalue weighted by molar-refractivity contribution is 6.34. The second kappa shape index (κ2) is 4.76. The van der Waals surface area contributed by atoms with Crippen molar-refractivity contribution < 1.29 is 4.39 Å². The molecule has 1 heterocycles. The van der Waals surface area contributed by atoms with E-state index < -0.39 is 5.82 Å². The Hall–Kier alpha value is -1.71. The Morgan fingerprint density at radius 1 is 0.895 bits per heavy atom. The fourth-order valence-electron chi connectivity index (χ4n) is 1.83. The van der Waals surface area contributed by atoms with E-state index in [9.17, 15) is 4.39 Å². The molecule has 2 nitrogen and oxygen atoms in total. The summed E-state index contributed by atoms with van der Waals surface area (Å²) in [6.07, 6.45) is 0. The zero-order chi connectivity index (χ0) is 13.4. The smallest absolute Gasteiger partial charge is 0.161 e. The van der Waals surface area contributed by atoms with Gasteiger partial charge in [-0.05, 0) is 36.4 Å². The molecule has 0 bridgehead atoms. The highest BCUT2D eigenvalue weighted by atomic mass is 35.5. The molecule has 0 radical (unpaired) electrons. The van der Waals surface area contributed by atoms with Crippen LogP contribution in [0.3, 0.4) is 0 Å². The first-order valence-electron chi connectivity index (χ1n) is 5.53. The number of benzene rings is 2. The summed E-state index contributed by atoms with van der Waals surface area (Å²) >= 11 is 11.9. The van der Waals surface area contributed by atoms with Gasteiger partial charge in [0.05, 0.1) is 10.9 Å². The fraction of sp³-hybridized carbons (Fsp3) is 0. The SMILES string of the molecule is Fc1cccc2nc(-c3ccc(Cl)cc3)nc(Cl)c12. The molecule has 0 spiro atoms. The van der Waals surface area contributed by atoms with Crippen LogP contribution < -0.4 is 0 Å². The Labute approximate surface area is 118 Å². The van der Waals surface area contributed by atoms with Crippen molar-refractivity contribution in [2.75, 3.05) is 0 Å². The van der Waals surface area contributed by atoms with Crippen molar-refractivity contribution in [3.63, 3.8) is 0 Å². The van der Waals surface area contributed by atoms with Crippen molar-refractivity contribution in [2.45, 2.75) is 0 Å². The van der Waals surface area contributed by atoms with Gasteiger partial charge in [-0.1, -0.05) is 29.3 Å². The van der Waals surface area contributed by atoms with Crippen LogP contribution in [0, 0.1) is 5.82 Å². The van der Waals surface area contributed by atoms with Gasteiger partial charge in [0.2, 0.25) is 0 Å². The number of aromatic nitrogens is 2. The first kappa shape index (κ1) is 12.3. The Balaban J connectivity index is 2.24. The van der Waals surface area contributed by atoms with Crippen molar-refractivity contribution in [3.8, 4) is 11.4 Å². The average molecular weight is 293 g/mol. The minimum absolute atomic E-state index is 0.105. The lowest BCUT2D eigenvalue weighted by molar-refractivity contribution is 0.639. The summed E-state index contributed by atoms with van der Waals surface area (Å²) in [6, 6.07) is 11.7. The van der Waals surface area contributed by atoms with Crippen LogP contribution in [0.2, 0.25) is 10.2 Å². The molecule has 3 rings (SSSR count). The quantitative estimate of drug-likeness (QED) is 0.605. The summed E-state index contributed by atoms with van der Waals surface area (Å²) < 4.78 is 13.7. The van der Waals surface area contributed by atoms with Gasteiger partial charge in [-0.3, -0.25) is 0 Å². The van der Waals surface area contributed by atoms with Crippen LogP contribution in [-0.2, 0) is 0 Å². The van der Waals surface area contributed by atoms with Crippen LogP contribution in [0.1, 0.15) is 0 Å². The maximum Gasteiger partial charge on any atom is 0.161 e. The lowest BCUT2D eigenvalue weighted by Gasteiger charge is -2.05. The van der Waals surface area contributed by atoms with Crippen LogP contribution in [-0.4, -0.2) is 9.97 Å². The van der Waals surface area contributed by atoms with Gasteiger partial charge in [0, 0.05) is 10.6 Å². The molecule has 0 N–H and O–H groups in total. The fourth-order valence-corrected chi connectivity index (χ4v) is 2.22. The van der Waals surface area contributed by atoms with Gasteiger partial charge in [0.1, 0.15) is 11.0 Å². The molecule has 0 atom stereocenters. The molecule has 1 aromatic heterocycles. The van der Waals surface area contributed by atoms with E-state index in [4.69, 9.17) is 23.2 Å². The molecule has 19 heavy (non-hydrogen) atoms. The van der Waals surface area contributed by atoms with E-state index in [1.165, 1.54) is 6.07 Å². The Bertz CT molecular complexity index is 757. The van der Waals surface area contributed by atoms with E-state index in [0.717, 1.165) is 5.56 Å². The van der Waals surface area contributed by atoms with E-state index in [2.05, 4.69) is 9.97 Å². The van der Waals surface area contributed by atoms with Gasteiger partial charge < -0.3 is 0 Å². The zero-order valence-electron chi connectivity index (χ0n) is 9.57. The lowest BCUT2D eigenvalue weighted by atomic mass is 10.2.